The van der Waals surface area contributed by atoms with Crippen LogP contribution in [-0.4, -0.2) is 20.4 Å². The van der Waals surface area contributed by atoms with E-state index in [1.54, 1.807) is 6.07 Å². The monoisotopic (exact) mass is 336 g/mol. The normalized spacial score (nSPS) is 11.2. The Labute approximate surface area is 140 Å². The van der Waals surface area contributed by atoms with E-state index >= 15 is 0 Å². The Balaban J connectivity index is 2.08. The number of rotatable bonds is 1. The van der Waals surface area contributed by atoms with E-state index in [0.717, 1.165) is 0 Å². The highest BCUT2D eigenvalue weighted by Crippen LogP contribution is 2.37. The van der Waals surface area contributed by atoms with Gasteiger partial charge in [-0.25, -0.2) is 0 Å². The number of aromatic hydroxyl groups is 4. The standard InChI is InChI=1S/C19H12O6/c20-10-4-5-11(13(22)8-10)9-6-14(23)18-16(7-9)25-15-3-1-2-12(21)17(15)19(18)24/h1-8,20-23H. The van der Waals surface area contributed by atoms with Gasteiger partial charge in [-0.05, 0) is 42.0 Å². The van der Waals surface area contributed by atoms with Gasteiger partial charge in [-0.3, -0.25) is 4.79 Å². The van der Waals surface area contributed by atoms with Gasteiger partial charge in [-0.1, -0.05) is 6.07 Å². The first-order valence-electron chi connectivity index (χ1n) is 7.39. The van der Waals surface area contributed by atoms with Gasteiger partial charge in [-0.2, -0.15) is 0 Å². The predicted octanol–water partition coefficient (Wildman–Crippen LogP) is 3.44. The van der Waals surface area contributed by atoms with Crippen LogP contribution in [0.3, 0.4) is 0 Å². The van der Waals surface area contributed by atoms with Crippen molar-refractivity contribution in [2.45, 2.75) is 0 Å². The fraction of sp³-hybridized carbons (Fsp3) is 0. The molecule has 0 saturated carbocycles. The third-order valence-electron chi connectivity index (χ3n) is 4.05. The maximum absolute atomic E-state index is 12.6. The Morgan fingerprint density at radius 3 is 2.24 bits per heavy atom. The fourth-order valence-corrected chi connectivity index (χ4v) is 2.91. The number of phenols is 4. The average Bonchev–Trinajstić information content (AvgIpc) is 2.54. The zero-order chi connectivity index (χ0) is 17.7. The van der Waals surface area contributed by atoms with Gasteiger partial charge in [0.25, 0.3) is 0 Å². The van der Waals surface area contributed by atoms with Crippen LogP contribution in [0.5, 0.6) is 23.0 Å². The first kappa shape index (κ1) is 14.9. The van der Waals surface area contributed by atoms with Crippen LogP contribution in [0.1, 0.15) is 0 Å². The number of hydrogen-bond donors (Lipinski definition) is 4. The largest absolute Gasteiger partial charge is 0.508 e. The molecular formula is C19H12O6. The lowest BCUT2D eigenvalue weighted by Gasteiger charge is -2.09. The summed E-state index contributed by atoms with van der Waals surface area (Å²) in [7, 11) is 0. The highest BCUT2D eigenvalue weighted by molar-refractivity contribution is 5.97. The summed E-state index contributed by atoms with van der Waals surface area (Å²) in [4.78, 5) is 12.6. The molecule has 0 fully saturated rings. The molecule has 124 valence electrons. The van der Waals surface area contributed by atoms with Crippen LogP contribution in [0.15, 0.2) is 57.7 Å². The van der Waals surface area contributed by atoms with Crippen LogP contribution in [0.4, 0.5) is 0 Å². The molecule has 25 heavy (non-hydrogen) atoms. The van der Waals surface area contributed by atoms with E-state index in [2.05, 4.69) is 0 Å². The highest BCUT2D eigenvalue weighted by Gasteiger charge is 2.17. The number of hydrogen-bond acceptors (Lipinski definition) is 6. The third kappa shape index (κ3) is 2.23. The smallest absolute Gasteiger partial charge is 0.208 e. The molecule has 3 aromatic carbocycles. The summed E-state index contributed by atoms with van der Waals surface area (Å²) in [6.07, 6.45) is 0. The predicted molar refractivity (Wildman–Crippen MR) is 92.1 cm³/mol. The van der Waals surface area contributed by atoms with E-state index in [4.69, 9.17) is 4.42 Å². The Morgan fingerprint density at radius 1 is 0.720 bits per heavy atom. The summed E-state index contributed by atoms with van der Waals surface area (Å²) < 4.78 is 5.66. The average molecular weight is 336 g/mol. The summed E-state index contributed by atoms with van der Waals surface area (Å²) in [5.74, 6) is -0.842. The van der Waals surface area contributed by atoms with Crippen molar-refractivity contribution in [2.24, 2.45) is 0 Å². The Morgan fingerprint density at radius 2 is 1.48 bits per heavy atom. The molecule has 0 aliphatic carbocycles. The molecule has 0 atom stereocenters. The van der Waals surface area contributed by atoms with E-state index < -0.39 is 5.43 Å². The lowest BCUT2D eigenvalue weighted by Crippen LogP contribution is -2.03. The molecule has 6 nitrogen and oxygen atoms in total. The molecule has 0 aliphatic heterocycles. The minimum atomic E-state index is -0.548. The van der Waals surface area contributed by atoms with Crippen molar-refractivity contribution in [3.63, 3.8) is 0 Å². The van der Waals surface area contributed by atoms with Crippen LogP contribution in [0, 0.1) is 0 Å². The maximum atomic E-state index is 12.6. The van der Waals surface area contributed by atoms with Crippen molar-refractivity contribution < 1.29 is 24.8 Å². The van der Waals surface area contributed by atoms with Crippen molar-refractivity contribution in [3.8, 4) is 34.1 Å². The van der Waals surface area contributed by atoms with Crippen LogP contribution >= 0.6 is 0 Å². The van der Waals surface area contributed by atoms with Gasteiger partial charge in [0, 0.05) is 11.6 Å². The van der Waals surface area contributed by atoms with Gasteiger partial charge in [-0.15, -0.1) is 0 Å². The molecule has 4 rings (SSSR count). The highest BCUT2D eigenvalue weighted by atomic mass is 16.3. The minimum Gasteiger partial charge on any atom is -0.508 e. The lowest BCUT2D eigenvalue weighted by molar-refractivity contribution is 0.452. The van der Waals surface area contributed by atoms with E-state index in [0.29, 0.717) is 11.1 Å². The van der Waals surface area contributed by atoms with Crippen LogP contribution in [0.25, 0.3) is 33.1 Å². The molecule has 0 amide bonds. The molecule has 0 radical (unpaired) electrons. The molecule has 1 aromatic heterocycles. The van der Waals surface area contributed by atoms with E-state index in [9.17, 15) is 25.2 Å². The van der Waals surface area contributed by atoms with Gasteiger partial charge in [0.05, 0.1) is 0 Å². The zero-order valence-corrected chi connectivity index (χ0v) is 12.7. The molecule has 4 aromatic rings. The van der Waals surface area contributed by atoms with Crippen molar-refractivity contribution in [3.05, 3.63) is 58.8 Å². The number of phenolic OH excluding ortho intramolecular Hbond substituents is 4. The van der Waals surface area contributed by atoms with Gasteiger partial charge in [0.15, 0.2) is 0 Å². The van der Waals surface area contributed by atoms with E-state index in [1.807, 2.05) is 0 Å². The minimum absolute atomic E-state index is 0.00877. The van der Waals surface area contributed by atoms with E-state index in [-0.39, 0.29) is 44.9 Å². The second-order valence-corrected chi connectivity index (χ2v) is 5.65. The second kappa shape index (κ2) is 5.17. The summed E-state index contributed by atoms with van der Waals surface area (Å²) in [5.41, 5.74) is 0.515. The van der Waals surface area contributed by atoms with Crippen LogP contribution in [0.2, 0.25) is 0 Å². The number of benzene rings is 3. The van der Waals surface area contributed by atoms with Gasteiger partial charge >= 0.3 is 0 Å². The summed E-state index contributed by atoms with van der Waals surface area (Å²) in [6, 6.07) is 11.3. The molecule has 0 unspecified atom stereocenters. The Bertz CT molecular complexity index is 1210. The maximum Gasteiger partial charge on any atom is 0.208 e. The van der Waals surface area contributed by atoms with Crippen molar-refractivity contribution in [2.75, 3.05) is 0 Å². The number of fused-ring (bicyclic) bond motifs is 2. The van der Waals surface area contributed by atoms with Gasteiger partial charge < -0.3 is 24.8 Å². The Hall–Kier alpha value is -3.67. The first-order valence-corrected chi connectivity index (χ1v) is 7.39. The molecule has 4 N–H and O–H groups in total. The summed E-state index contributed by atoms with van der Waals surface area (Å²) in [5, 5.41) is 39.6. The SMILES string of the molecule is O=c1c2c(O)cccc2oc2cc(-c3ccc(O)cc3O)cc(O)c12. The topological polar surface area (TPSA) is 111 Å². The first-order chi connectivity index (χ1) is 12.0. The van der Waals surface area contributed by atoms with Gasteiger partial charge in [0.2, 0.25) is 5.43 Å². The van der Waals surface area contributed by atoms with Crippen LogP contribution < -0.4 is 5.43 Å². The van der Waals surface area contributed by atoms with Crippen molar-refractivity contribution >= 4 is 21.9 Å². The van der Waals surface area contributed by atoms with Gasteiger partial charge in [0.1, 0.15) is 44.9 Å². The molecule has 1 heterocycles. The van der Waals surface area contributed by atoms with Crippen LogP contribution in [-0.2, 0) is 0 Å². The molecule has 6 heteroatoms. The fourth-order valence-electron chi connectivity index (χ4n) is 2.91. The zero-order valence-electron chi connectivity index (χ0n) is 12.7. The van der Waals surface area contributed by atoms with Crippen molar-refractivity contribution in [1.29, 1.82) is 0 Å². The second-order valence-electron chi connectivity index (χ2n) is 5.65. The quantitative estimate of drug-likeness (QED) is 0.396. The third-order valence-corrected chi connectivity index (χ3v) is 4.05. The Kier molecular flexibility index (Phi) is 3.08. The summed E-state index contributed by atoms with van der Waals surface area (Å²) >= 11 is 0. The van der Waals surface area contributed by atoms with Crippen molar-refractivity contribution in [1.82, 2.24) is 0 Å². The molecule has 0 aliphatic rings. The molecule has 0 bridgehead atoms. The van der Waals surface area contributed by atoms with E-state index in [1.165, 1.54) is 42.5 Å². The molecule has 0 saturated heterocycles. The molecule has 0 spiro atoms. The molecular weight excluding hydrogens is 324 g/mol. The lowest BCUT2D eigenvalue weighted by atomic mass is 10.0. The summed E-state index contributed by atoms with van der Waals surface area (Å²) in [6.45, 7) is 0.